The van der Waals surface area contributed by atoms with E-state index in [1.807, 2.05) is 0 Å². The molecule has 1 aliphatic heterocycles. The molecule has 2 rings (SSSR count). The lowest BCUT2D eigenvalue weighted by Gasteiger charge is -2.29. The molecule has 1 aliphatic rings. The van der Waals surface area contributed by atoms with E-state index in [-0.39, 0.29) is 17.7 Å². The van der Waals surface area contributed by atoms with Crippen molar-refractivity contribution in [2.24, 2.45) is 5.92 Å². The van der Waals surface area contributed by atoms with Gasteiger partial charge in [-0.3, -0.25) is 0 Å². The summed E-state index contributed by atoms with van der Waals surface area (Å²) in [4.78, 5) is 0. The predicted molar refractivity (Wildman–Crippen MR) is 87.0 cm³/mol. The molecule has 24 heavy (non-hydrogen) atoms. The van der Waals surface area contributed by atoms with Gasteiger partial charge in [0.2, 0.25) is 0 Å². The van der Waals surface area contributed by atoms with Crippen LogP contribution in [0.3, 0.4) is 0 Å². The zero-order valence-electron chi connectivity index (χ0n) is 13.9. The van der Waals surface area contributed by atoms with Crippen LogP contribution in [-0.2, 0) is 4.74 Å². The van der Waals surface area contributed by atoms with E-state index in [2.05, 4.69) is 6.92 Å². The lowest BCUT2D eigenvalue weighted by molar-refractivity contribution is -0.0790. The predicted octanol–water partition coefficient (Wildman–Crippen LogP) is 6.45. The Labute approximate surface area is 140 Å². The van der Waals surface area contributed by atoms with Crippen molar-refractivity contribution in [2.45, 2.75) is 57.7 Å². The van der Waals surface area contributed by atoms with Gasteiger partial charge in [-0.2, -0.15) is 13.2 Å². The van der Waals surface area contributed by atoms with Crippen molar-refractivity contribution in [1.29, 1.82) is 0 Å². The third-order valence-electron chi connectivity index (χ3n) is 4.43. The Morgan fingerprint density at radius 1 is 1.21 bits per heavy atom. The molecule has 1 fully saturated rings. The zero-order valence-corrected chi connectivity index (χ0v) is 13.9. The highest BCUT2D eigenvalue weighted by Crippen LogP contribution is 2.33. The van der Waals surface area contributed by atoms with Crippen LogP contribution >= 0.6 is 0 Å². The quantitative estimate of drug-likeness (QED) is 0.426. The second-order valence-corrected chi connectivity index (χ2v) is 6.42. The van der Waals surface area contributed by atoms with Gasteiger partial charge >= 0.3 is 6.18 Å². The first-order valence-corrected chi connectivity index (χ1v) is 8.56. The Kier molecular flexibility index (Phi) is 6.84. The molecule has 1 aromatic rings. The minimum absolute atomic E-state index is 0.0447. The van der Waals surface area contributed by atoms with Crippen LogP contribution in [0.15, 0.2) is 24.3 Å². The highest BCUT2D eigenvalue weighted by molar-refractivity contribution is 5.51. The maximum absolute atomic E-state index is 14.0. The van der Waals surface area contributed by atoms with Crippen LogP contribution in [-0.4, -0.2) is 12.8 Å². The van der Waals surface area contributed by atoms with Gasteiger partial charge in [0, 0.05) is 11.6 Å². The van der Waals surface area contributed by atoms with E-state index in [0.29, 0.717) is 18.1 Å². The summed E-state index contributed by atoms with van der Waals surface area (Å²) in [6.45, 7) is 2.85. The van der Waals surface area contributed by atoms with E-state index in [4.69, 9.17) is 4.74 Å². The largest absolute Gasteiger partial charge is 0.409 e. The summed E-state index contributed by atoms with van der Waals surface area (Å²) in [6.07, 6.45) is 2.88. The lowest BCUT2D eigenvalue weighted by atomic mass is 9.90. The van der Waals surface area contributed by atoms with Gasteiger partial charge in [-0.25, -0.2) is 4.39 Å². The van der Waals surface area contributed by atoms with E-state index >= 15 is 0 Å². The molecule has 0 N–H and O–H groups in total. The minimum Gasteiger partial charge on any atom is -0.373 e. The summed E-state index contributed by atoms with van der Waals surface area (Å²) < 4.78 is 56.3. The molecule has 0 spiro atoms. The summed E-state index contributed by atoms with van der Waals surface area (Å²) in [7, 11) is 0. The lowest BCUT2D eigenvalue weighted by Crippen LogP contribution is -2.20. The second-order valence-electron chi connectivity index (χ2n) is 6.42. The average Bonchev–Trinajstić information content (AvgIpc) is 2.54. The van der Waals surface area contributed by atoms with Crippen molar-refractivity contribution in [3.8, 4) is 0 Å². The SMILES string of the molecule is CCCCCC1CCC(c2ccc(C=CC(F)(F)F)c(F)c2)OC1. The third-order valence-corrected chi connectivity index (χ3v) is 4.43. The molecule has 2 unspecified atom stereocenters. The number of benzene rings is 1. The van der Waals surface area contributed by atoms with E-state index in [1.165, 1.54) is 31.4 Å². The van der Waals surface area contributed by atoms with Crippen molar-refractivity contribution >= 4 is 6.08 Å². The summed E-state index contributed by atoms with van der Waals surface area (Å²) in [5.74, 6) is -0.0895. The molecule has 1 nitrogen and oxygen atoms in total. The molecule has 1 heterocycles. The van der Waals surface area contributed by atoms with Crippen LogP contribution < -0.4 is 0 Å². The number of rotatable bonds is 6. The first kappa shape index (κ1) is 19.0. The maximum Gasteiger partial charge on any atom is 0.409 e. The first-order chi connectivity index (χ1) is 11.4. The zero-order chi connectivity index (χ0) is 17.6. The molecular formula is C19H24F4O. The monoisotopic (exact) mass is 344 g/mol. The van der Waals surface area contributed by atoms with Gasteiger partial charge < -0.3 is 4.74 Å². The van der Waals surface area contributed by atoms with Crippen LogP contribution in [0.25, 0.3) is 6.08 Å². The molecule has 0 bridgehead atoms. The van der Waals surface area contributed by atoms with Gasteiger partial charge in [0.15, 0.2) is 0 Å². The van der Waals surface area contributed by atoms with Gasteiger partial charge in [-0.1, -0.05) is 38.3 Å². The van der Waals surface area contributed by atoms with Crippen molar-refractivity contribution in [3.63, 3.8) is 0 Å². The molecule has 0 aliphatic carbocycles. The van der Waals surface area contributed by atoms with Gasteiger partial charge in [0.05, 0.1) is 12.7 Å². The van der Waals surface area contributed by atoms with E-state index in [9.17, 15) is 17.6 Å². The number of hydrogen-bond acceptors (Lipinski definition) is 1. The Morgan fingerprint density at radius 2 is 2.00 bits per heavy atom. The average molecular weight is 344 g/mol. The number of hydrogen-bond donors (Lipinski definition) is 0. The number of allylic oxidation sites excluding steroid dienone is 1. The molecule has 0 amide bonds. The van der Waals surface area contributed by atoms with Gasteiger partial charge in [-0.05, 0) is 42.9 Å². The van der Waals surface area contributed by atoms with Crippen molar-refractivity contribution in [1.82, 2.24) is 0 Å². The minimum atomic E-state index is -4.44. The molecule has 134 valence electrons. The summed E-state index contributed by atoms with van der Waals surface area (Å²) in [6, 6.07) is 4.32. The van der Waals surface area contributed by atoms with Crippen molar-refractivity contribution < 1.29 is 22.3 Å². The first-order valence-electron chi connectivity index (χ1n) is 8.56. The molecule has 2 atom stereocenters. The van der Waals surface area contributed by atoms with Gasteiger partial charge in [0.1, 0.15) is 5.82 Å². The van der Waals surface area contributed by atoms with Crippen molar-refractivity contribution in [2.75, 3.05) is 6.61 Å². The normalized spacial score (nSPS) is 22.2. The fraction of sp³-hybridized carbons (Fsp3) is 0.579. The van der Waals surface area contributed by atoms with Gasteiger partial charge in [-0.15, -0.1) is 0 Å². The fourth-order valence-corrected chi connectivity index (χ4v) is 3.04. The molecule has 5 heteroatoms. The Bertz CT molecular complexity index is 543. The summed E-state index contributed by atoms with van der Waals surface area (Å²) in [5.41, 5.74) is 0.632. The third kappa shape index (κ3) is 5.93. The molecule has 1 aromatic carbocycles. The topological polar surface area (TPSA) is 9.23 Å². The van der Waals surface area contributed by atoms with Crippen molar-refractivity contribution in [3.05, 3.63) is 41.2 Å². The summed E-state index contributed by atoms with van der Waals surface area (Å²) in [5, 5.41) is 0. The van der Waals surface area contributed by atoms with E-state index in [0.717, 1.165) is 25.3 Å². The van der Waals surface area contributed by atoms with Crippen LogP contribution in [0, 0.1) is 11.7 Å². The van der Waals surface area contributed by atoms with E-state index < -0.39 is 12.0 Å². The van der Waals surface area contributed by atoms with Crippen LogP contribution in [0.1, 0.15) is 62.7 Å². The molecule has 0 saturated carbocycles. The molecule has 0 radical (unpaired) electrons. The Morgan fingerprint density at radius 3 is 2.58 bits per heavy atom. The van der Waals surface area contributed by atoms with E-state index in [1.54, 1.807) is 6.07 Å². The smallest absolute Gasteiger partial charge is 0.373 e. The molecule has 1 saturated heterocycles. The van der Waals surface area contributed by atoms with Crippen LogP contribution in [0.4, 0.5) is 17.6 Å². The second kappa shape index (κ2) is 8.65. The van der Waals surface area contributed by atoms with Gasteiger partial charge in [0.25, 0.3) is 0 Å². The number of unbranched alkanes of at least 4 members (excludes halogenated alkanes) is 2. The van der Waals surface area contributed by atoms with Crippen LogP contribution in [0.5, 0.6) is 0 Å². The Balaban J connectivity index is 1.92. The number of alkyl halides is 3. The highest BCUT2D eigenvalue weighted by Gasteiger charge is 2.24. The number of ether oxygens (including phenoxy) is 1. The fourth-order valence-electron chi connectivity index (χ4n) is 3.04. The molecular weight excluding hydrogens is 320 g/mol. The maximum atomic E-state index is 14.0. The Hall–Kier alpha value is -1.36. The standard InChI is InChI=1S/C19H24F4O/c1-2-3-4-5-14-6-9-18(24-13-14)16-8-7-15(17(20)12-16)10-11-19(21,22)23/h7-8,10-12,14,18H,2-6,9,13H2,1H3. The highest BCUT2D eigenvalue weighted by atomic mass is 19.4. The summed E-state index contributed by atoms with van der Waals surface area (Å²) >= 11 is 0. The van der Waals surface area contributed by atoms with Crippen LogP contribution in [0.2, 0.25) is 0 Å². The molecule has 0 aromatic heterocycles. The number of halogens is 4.